The Bertz CT molecular complexity index is 376. The van der Waals surface area contributed by atoms with Crippen molar-refractivity contribution in [3.63, 3.8) is 0 Å². The molecule has 0 aromatic carbocycles. The van der Waals surface area contributed by atoms with Gasteiger partial charge in [0.15, 0.2) is 0 Å². The number of amides is 1. The monoisotopic (exact) mass is 222 g/mol. The maximum Gasteiger partial charge on any atom is 0.224 e. The first kappa shape index (κ1) is 12.3. The highest BCUT2D eigenvalue weighted by atomic mass is 16.1. The predicted molar refractivity (Wildman–Crippen MR) is 65.2 cm³/mol. The number of rotatable bonds is 5. The van der Waals surface area contributed by atoms with Gasteiger partial charge in [-0.25, -0.2) is 4.98 Å². The van der Waals surface area contributed by atoms with Crippen LogP contribution in [0.25, 0.3) is 0 Å². The Kier molecular flexibility index (Phi) is 3.71. The molecule has 1 amide bonds. The molecule has 88 valence electrons. The number of nitrogens with zero attached hydrogens (tertiary/aromatic N) is 1. The van der Waals surface area contributed by atoms with Crippen LogP contribution in [0, 0.1) is 5.41 Å². The summed E-state index contributed by atoms with van der Waals surface area (Å²) < 4.78 is 0. The molecule has 0 spiro atoms. The van der Waals surface area contributed by atoms with Gasteiger partial charge in [-0.15, -0.1) is 0 Å². The molecule has 1 heterocycles. The SMILES string of the molecule is CNc1cccc(NCC(C)(C)C(N)=O)n1. The zero-order valence-corrected chi connectivity index (χ0v) is 9.87. The second-order valence-electron chi connectivity index (χ2n) is 4.26. The van der Waals surface area contributed by atoms with E-state index in [1.807, 2.05) is 18.2 Å². The maximum atomic E-state index is 11.1. The predicted octanol–water partition coefficient (Wildman–Crippen LogP) is 1.05. The minimum absolute atomic E-state index is 0.329. The highest BCUT2D eigenvalue weighted by Gasteiger charge is 2.24. The van der Waals surface area contributed by atoms with Crippen LogP contribution in [0.5, 0.6) is 0 Å². The van der Waals surface area contributed by atoms with Crippen molar-refractivity contribution < 1.29 is 4.79 Å². The molecule has 0 unspecified atom stereocenters. The van der Waals surface area contributed by atoms with Gasteiger partial charge in [0, 0.05) is 13.6 Å². The van der Waals surface area contributed by atoms with E-state index in [4.69, 9.17) is 5.73 Å². The third kappa shape index (κ3) is 3.12. The van der Waals surface area contributed by atoms with Gasteiger partial charge in [0.05, 0.1) is 5.41 Å². The first-order chi connectivity index (χ1) is 7.45. The fourth-order valence-electron chi connectivity index (χ4n) is 1.07. The van der Waals surface area contributed by atoms with Gasteiger partial charge in [-0.1, -0.05) is 6.07 Å². The highest BCUT2D eigenvalue weighted by Crippen LogP contribution is 2.16. The van der Waals surface area contributed by atoms with E-state index in [1.54, 1.807) is 20.9 Å². The average molecular weight is 222 g/mol. The number of anilines is 2. The Balaban J connectivity index is 2.64. The van der Waals surface area contributed by atoms with Crippen molar-refractivity contribution in [1.29, 1.82) is 0 Å². The van der Waals surface area contributed by atoms with Crippen molar-refractivity contribution in [2.24, 2.45) is 11.1 Å². The van der Waals surface area contributed by atoms with Crippen LogP contribution in [0.2, 0.25) is 0 Å². The number of nitrogens with two attached hydrogens (primary N) is 1. The first-order valence-electron chi connectivity index (χ1n) is 5.14. The summed E-state index contributed by atoms with van der Waals surface area (Å²) in [5, 5.41) is 6.03. The van der Waals surface area contributed by atoms with Gasteiger partial charge < -0.3 is 16.4 Å². The molecule has 1 aromatic heterocycles. The molecule has 5 heteroatoms. The molecule has 4 N–H and O–H groups in total. The van der Waals surface area contributed by atoms with E-state index in [-0.39, 0.29) is 5.91 Å². The number of carbonyl (C=O) groups is 1. The Labute approximate surface area is 95.4 Å². The second-order valence-corrected chi connectivity index (χ2v) is 4.26. The highest BCUT2D eigenvalue weighted by molar-refractivity contribution is 5.80. The molecule has 0 bridgehead atoms. The van der Waals surface area contributed by atoms with E-state index in [0.29, 0.717) is 6.54 Å². The van der Waals surface area contributed by atoms with E-state index >= 15 is 0 Å². The Morgan fingerprint density at radius 3 is 2.62 bits per heavy atom. The quantitative estimate of drug-likeness (QED) is 0.695. The molecule has 5 nitrogen and oxygen atoms in total. The van der Waals surface area contributed by atoms with Gasteiger partial charge in [-0.3, -0.25) is 4.79 Å². The lowest BCUT2D eigenvalue weighted by Crippen LogP contribution is -2.37. The number of carbonyl (C=O) groups excluding carboxylic acids is 1. The van der Waals surface area contributed by atoms with Crippen molar-refractivity contribution in [1.82, 2.24) is 4.98 Å². The summed E-state index contributed by atoms with van der Waals surface area (Å²) in [5.74, 6) is 1.17. The molecule has 1 rings (SSSR count). The molecule has 0 atom stereocenters. The Morgan fingerprint density at radius 1 is 1.44 bits per heavy atom. The topological polar surface area (TPSA) is 80.0 Å². The average Bonchev–Trinajstić information content (AvgIpc) is 2.26. The molecule has 0 saturated heterocycles. The van der Waals surface area contributed by atoms with Gasteiger partial charge in [0.25, 0.3) is 0 Å². The summed E-state index contributed by atoms with van der Waals surface area (Å²) in [6, 6.07) is 5.60. The molecule has 0 aliphatic carbocycles. The Morgan fingerprint density at radius 2 is 2.06 bits per heavy atom. The summed E-state index contributed by atoms with van der Waals surface area (Å²) in [7, 11) is 1.81. The number of pyridine rings is 1. The van der Waals surface area contributed by atoms with Gasteiger partial charge in [-0.2, -0.15) is 0 Å². The molecule has 0 aliphatic heterocycles. The number of aromatic nitrogens is 1. The maximum absolute atomic E-state index is 11.1. The van der Waals surface area contributed by atoms with Crippen molar-refractivity contribution in [3.8, 4) is 0 Å². The van der Waals surface area contributed by atoms with E-state index in [1.165, 1.54) is 0 Å². The van der Waals surface area contributed by atoms with Crippen molar-refractivity contribution in [3.05, 3.63) is 18.2 Å². The third-order valence-electron chi connectivity index (χ3n) is 2.38. The Hall–Kier alpha value is -1.78. The van der Waals surface area contributed by atoms with Crippen molar-refractivity contribution >= 4 is 17.5 Å². The van der Waals surface area contributed by atoms with Crippen LogP contribution < -0.4 is 16.4 Å². The zero-order valence-electron chi connectivity index (χ0n) is 9.87. The summed E-state index contributed by atoms with van der Waals surface area (Å²) in [6.45, 7) is 4.05. The van der Waals surface area contributed by atoms with E-state index in [9.17, 15) is 4.79 Å². The molecule has 1 aromatic rings. The van der Waals surface area contributed by atoms with Crippen LogP contribution in [-0.2, 0) is 4.79 Å². The van der Waals surface area contributed by atoms with Crippen LogP contribution in [0.1, 0.15) is 13.8 Å². The standard InChI is InChI=1S/C11H18N4O/c1-11(2,10(12)16)7-14-9-6-4-5-8(13-3)15-9/h4-6H,7H2,1-3H3,(H2,12,16)(H2,13,14,15). The lowest BCUT2D eigenvalue weighted by molar-refractivity contribution is -0.125. The van der Waals surface area contributed by atoms with E-state index < -0.39 is 5.41 Å². The van der Waals surface area contributed by atoms with Gasteiger partial charge in [0.1, 0.15) is 11.6 Å². The summed E-state index contributed by atoms with van der Waals surface area (Å²) in [6.07, 6.45) is 0. The number of hydrogen-bond donors (Lipinski definition) is 3. The molecule has 0 fully saturated rings. The molecule has 0 saturated carbocycles. The second kappa shape index (κ2) is 4.83. The van der Waals surface area contributed by atoms with Crippen LogP contribution in [0.3, 0.4) is 0 Å². The van der Waals surface area contributed by atoms with Crippen LogP contribution in [0.15, 0.2) is 18.2 Å². The molecular weight excluding hydrogens is 204 g/mol. The van der Waals surface area contributed by atoms with Crippen LogP contribution >= 0.6 is 0 Å². The smallest absolute Gasteiger partial charge is 0.224 e. The summed E-state index contributed by atoms with van der Waals surface area (Å²) in [5.41, 5.74) is 4.69. The van der Waals surface area contributed by atoms with E-state index in [2.05, 4.69) is 15.6 Å². The number of nitrogens with one attached hydrogen (secondary N) is 2. The van der Waals surface area contributed by atoms with Gasteiger partial charge in [0.2, 0.25) is 5.91 Å². The molecule has 0 aliphatic rings. The molecule has 0 radical (unpaired) electrons. The third-order valence-corrected chi connectivity index (χ3v) is 2.38. The first-order valence-corrected chi connectivity index (χ1v) is 5.14. The minimum atomic E-state index is -0.586. The lowest BCUT2D eigenvalue weighted by atomic mass is 9.93. The molecule has 16 heavy (non-hydrogen) atoms. The minimum Gasteiger partial charge on any atom is -0.373 e. The van der Waals surface area contributed by atoms with Gasteiger partial charge in [-0.05, 0) is 26.0 Å². The van der Waals surface area contributed by atoms with Crippen molar-refractivity contribution in [2.75, 3.05) is 24.2 Å². The normalized spacial score (nSPS) is 10.9. The zero-order chi connectivity index (χ0) is 12.2. The molecular formula is C11H18N4O. The largest absolute Gasteiger partial charge is 0.373 e. The van der Waals surface area contributed by atoms with E-state index in [0.717, 1.165) is 11.6 Å². The van der Waals surface area contributed by atoms with Crippen LogP contribution in [0.4, 0.5) is 11.6 Å². The summed E-state index contributed by atoms with van der Waals surface area (Å²) >= 11 is 0. The number of hydrogen-bond acceptors (Lipinski definition) is 4. The van der Waals surface area contributed by atoms with Crippen molar-refractivity contribution in [2.45, 2.75) is 13.8 Å². The van der Waals surface area contributed by atoms with Crippen LogP contribution in [-0.4, -0.2) is 24.5 Å². The fraction of sp³-hybridized carbons (Fsp3) is 0.455. The fourth-order valence-corrected chi connectivity index (χ4v) is 1.07. The number of primary amides is 1. The lowest BCUT2D eigenvalue weighted by Gasteiger charge is -2.21. The summed E-state index contributed by atoms with van der Waals surface area (Å²) in [4.78, 5) is 15.4. The van der Waals surface area contributed by atoms with Gasteiger partial charge >= 0.3 is 0 Å².